The van der Waals surface area contributed by atoms with Crippen molar-refractivity contribution in [3.05, 3.63) is 0 Å². The normalized spacial score (nSPS) is 38.2. The number of thioether (sulfide) groups is 1. The number of hydrogen-bond donors (Lipinski definition) is 6. The van der Waals surface area contributed by atoms with Gasteiger partial charge in [0.2, 0.25) is 5.91 Å². The van der Waals surface area contributed by atoms with Crippen molar-refractivity contribution in [2.45, 2.75) is 80.7 Å². The molecule has 0 aromatic heterocycles. The minimum atomic E-state index is -1.07. The molecule has 5 aliphatic heterocycles. The fraction of sp³-hybridized carbons (Fsp3) is 0.962. The first kappa shape index (κ1) is 28.9. The number of carbonyl (C=O) groups excluding carboxylic acids is 1. The summed E-state index contributed by atoms with van der Waals surface area (Å²) in [6.07, 6.45) is 3.05. The lowest BCUT2D eigenvalue weighted by Gasteiger charge is -2.51. The average molecular weight is 560 g/mol. The summed E-state index contributed by atoms with van der Waals surface area (Å²) in [6.45, 7) is 5.76. The van der Waals surface area contributed by atoms with Gasteiger partial charge in [-0.2, -0.15) is 0 Å². The largest absolute Gasteiger partial charge is 0.350 e. The molecule has 5 rings (SSSR count). The van der Waals surface area contributed by atoms with Crippen LogP contribution >= 0.6 is 11.8 Å². The summed E-state index contributed by atoms with van der Waals surface area (Å²) in [6, 6.07) is -0.756. The van der Waals surface area contributed by atoms with Crippen LogP contribution in [0.1, 0.15) is 38.5 Å². The van der Waals surface area contributed by atoms with E-state index in [9.17, 15) is 9.18 Å². The van der Waals surface area contributed by atoms with Gasteiger partial charge in [-0.15, -0.1) is 11.8 Å². The molecular weight excluding hydrogens is 510 g/mol. The first-order chi connectivity index (χ1) is 18.4. The smallest absolute Gasteiger partial charge is 0.233 e. The second-order valence-electron chi connectivity index (χ2n) is 12.2. The van der Waals surface area contributed by atoms with E-state index < -0.39 is 24.4 Å². The van der Waals surface area contributed by atoms with Crippen molar-refractivity contribution in [1.82, 2.24) is 26.2 Å². The summed E-state index contributed by atoms with van der Waals surface area (Å²) in [7, 11) is 0. The fourth-order valence-electron chi connectivity index (χ4n) is 7.83. The van der Waals surface area contributed by atoms with E-state index in [4.69, 9.17) is 11.5 Å². The van der Waals surface area contributed by atoms with Crippen LogP contribution in [0.25, 0.3) is 0 Å². The van der Waals surface area contributed by atoms with E-state index in [1.54, 1.807) is 0 Å². The van der Waals surface area contributed by atoms with E-state index in [1.165, 1.54) is 0 Å². The Kier molecular flexibility index (Phi) is 9.84. The molecule has 8 N–H and O–H groups in total. The number of quaternary nitrogens is 1. The topological polar surface area (TPSA) is 120 Å². The molecular formula is C26H49F2N8OS+. The lowest BCUT2D eigenvalue weighted by atomic mass is 9.89. The average Bonchev–Trinajstić information content (AvgIpc) is 3.33. The van der Waals surface area contributed by atoms with Gasteiger partial charge in [-0.25, -0.2) is 8.78 Å². The van der Waals surface area contributed by atoms with Crippen molar-refractivity contribution in [3.8, 4) is 0 Å². The van der Waals surface area contributed by atoms with Crippen LogP contribution in [-0.4, -0.2) is 122 Å². The third-order valence-electron chi connectivity index (χ3n) is 9.70. The molecule has 0 aromatic rings. The molecule has 9 nitrogen and oxygen atoms in total. The summed E-state index contributed by atoms with van der Waals surface area (Å²) in [5.74, 6) is 0.796. The molecule has 0 saturated carbocycles. The number of nitrogens with zero attached hydrogens (tertiary/aromatic N) is 2. The highest BCUT2D eigenvalue weighted by molar-refractivity contribution is 8.00. The van der Waals surface area contributed by atoms with Gasteiger partial charge in [0.15, 0.2) is 12.3 Å². The predicted octanol–water partition coefficient (Wildman–Crippen LogP) is -0.326. The maximum Gasteiger partial charge on any atom is 0.233 e. The molecule has 5 aliphatic rings. The summed E-state index contributed by atoms with van der Waals surface area (Å²) in [4.78, 5) is 16.2. The van der Waals surface area contributed by atoms with Crippen LogP contribution in [0.5, 0.6) is 0 Å². The molecule has 1 amide bonds. The van der Waals surface area contributed by atoms with E-state index in [2.05, 4.69) is 26.2 Å². The number of likely N-dealkylation sites (tertiary alicyclic amines) is 1. The van der Waals surface area contributed by atoms with Gasteiger partial charge >= 0.3 is 0 Å². The van der Waals surface area contributed by atoms with Crippen LogP contribution in [0.4, 0.5) is 8.78 Å². The third-order valence-corrected chi connectivity index (χ3v) is 11.0. The highest BCUT2D eigenvalue weighted by Crippen LogP contribution is 2.33. The van der Waals surface area contributed by atoms with E-state index in [0.29, 0.717) is 35.4 Å². The zero-order valence-corrected chi connectivity index (χ0v) is 23.4. The van der Waals surface area contributed by atoms with Gasteiger partial charge in [0, 0.05) is 31.9 Å². The molecule has 0 bridgehead atoms. The molecule has 7 atom stereocenters. The number of carbonyl (C=O) groups is 1. The molecule has 12 heteroatoms. The van der Waals surface area contributed by atoms with Crippen molar-refractivity contribution in [2.24, 2.45) is 23.3 Å². The quantitative estimate of drug-likeness (QED) is 0.194. The fourth-order valence-corrected chi connectivity index (χ4v) is 9.10. The number of rotatable bonds is 6. The highest BCUT2D eigenvalue weighted by Gasteiger charge is 2.51. The monoisotopic (exact) mass is 559 g/mol. The molecule has 7 unspecified atom stereocenters. The van der Waals surface area contributed by atoms with Gasteiger partial charge in [0.25, 0.3) is 0 Å². The number of nitrogens with one attached hydrogen (secondary N) is 4. The van der Waals surface area contributed by atoms with Crippen LogP contribution in [-0.2, 0) is 4.79 Å². The van der Waals surface area contributed by atoms with Gasteiger partial charge in [-0.1, -0.05) is 0 Å². The van der Waals surface area contributed by atoms with Gasteiger partial charge in [0.1, 0.15) is 18.6 Å². The van der Waals surface area contributed by atoms with Crippen LogP contribution in [0.15, 0.2) is 0 Å². The Labute approximate surface area is 230 Å². The lowest BCUT2D eigenvalue weighted by molar-refractivity contribution is -0.962. The Bertz CT molecular complexity index is 774. The Hall–Kier alpha value is -0.600. The van der Waals surface area contributed by atoms with E-state index in [1.807, 2.05) is 11.8 Å². The Morgan fingerprint density at radius 3 is 2.42 bits per heavy atom. The number of halogens is 2. The number of nitrogens with two attached hydrogens (primary N) is 2. The van der Waals surface area contributed by atoms with Gasteiger partial charge in [0.05, 0.1) is 36.7 Å². The first-order valence-corrected chi connectivity index (χ1v) is 15.9. The predicted molar refractivity (Wildman–Crippen MR) is 148 cm³/mol. The molecule has 0 aromatic carbocycles. The second-order valence-corrected chi connectivity index (χ2v) is 13.5. The standard InChI is InChI=1S/C26H48F2N8OS/c27-18-13-33-24(36(16-18)10-3-1-2-4-11-36)21(23(29)30)25(37)34-20-15-31-14-19(28)22(20)35-8-5-17(6-9-35)26-32-7-12-38-26/h17-24,26,31-33H,1-16,29-30H2/p+1. The van der Waals surface area contributed by atoms with E-state index >= 15 is 4.39 Å². The second kappa shape index (κ2) is 12.9. The SMILES string of the molecule is NC(N)C(C(=O)NC1CNCC(F)C1N1CCC(C2NCCS2)CC1)C1NCC(F)C[N+]12CCCCCC2. The van der Waals surface area contributed by atoms with Gasteiger partial charge < -0.3 is 31.9 Å². The van der Waals surface area contributed by atoms with Crippen molar-refractivity contribution >= 4 is 17.7 Å². The van der Waals surface area contributed by atoms with Crippen molar-refractivity contribution < 1.29 is 18.1 Å². The molecule has 1 spiro atoms. The van der Waals surface area contributed by atoms with E-state index in [-0.39, 0.29) is 30.7 Å². The molecule has 5 fully saturated rings. The van der Waals surface area contributed by atoms with Crippen LogP contribution in [0.2, 0.25) is 0 Å². The zero-order valence-electron chi connectivity index (χ0n) is 22.6. The van der Waals surface area contributed by atoms with Gasteiger partial charge in [-0.3, -0.25) is 15.0 Å². The molecule has 5 saturated heterocycles. The van der Waals surface area contributed by atoms with Crippen LogP contribution in [0.3, 0.4) is 0 Å². The summed E-state index contributed by atoms with van der Waals surface area (Å²) in [5.41, 5.74) is 12.6. The van der Waals surface area contributed by atoms with Crippen molar-refractivity contribution in [2.75, 3.05) is 64.7 Å². The summed E-state index contributed by atoms with van der Waals surface area (Å²) in [5, 5.41) is 13.8. The molecule has 0 radical (unpaired) electrons. The van der Waals surface area contributed by atoms with Crippen molar-refractivity contribution in [3.63, 3.8) is 0 Å². The maximum atomic E-state index is 15.4. The van der Waals surface area contributed by atoms with Crippen LogP contribution < -0.4 is 32.7 Å². The van der Waals surface area contributed by atoms with Crippen LogP contribution in [0, 0.1) is 11.8 Å². The summed E-state index contributed by atoms with van der Waals surface area (Å²) >= 11 is 2.00. The minimum Gasteiger partial charge on any atom is -0.350 e. The molecule has 5 heterocycles. The highest BCUT2D eigenvalue weighted by atomic mass is 32.2. The maximum absolute atomic E-state index is 15.4. The van der Waals surface area contributed by atoms with Crippen molar-refractivity contribution in [1.29, 1.82) is 0 Å². The number of hydrogen-bond acceptors (Lipinski definition) is 8. The lowest BCUT2D eigenvalue weighted by Crippen LogP contribution is -2.75. The first-order valence-electron chi connectivity index (χ1n) is 14.9. The van der Waals surface area contributed by atoms with E-state index in [0.717, 1.165) is 77.0 Å². The minimum absolute atomic E-state index is 0.199. The number of alkyl halides is 2. The number of piperidine rings is 2. The summed E-state index contributed by atoms with van der Waals surface area (Å²) < 4.78 is 30.6. The molecule has 0 aliphatic carbocycles. The number of amides is 1. The molecule has 38 heavy (non-hydrogen) atoms. The molecule has 218 valence electrons. The third kappa shape index (κ3) is 6.32. The Balaban J connectivity index is 1.28. The Morgan fingerprint density at radius 1 is 1.03 bits per heavy atom. The Morgan fingerprint density at radius 2 is 1.76 bits per heavy atom. The zero-order chi connectivity index (χ0) is 26.7. The van der Waals surface area contributed by atoms with Gasteiger partial charge in [-0.05, 0) is 57.5 Å².